The highest BCUT2D eigenvalue weighted by Crippen LogP contribution is 2.35. The van der Waals surface area contributed by atoms with Crippen molar-refractivity contribution >= 4 is 44.8 Å². The molecule has 0 spiro atoms. The van der Waals surface area contributed by atoms with Crippen molar-refractivity contribution in [2.75, 3.05) is 5.43 Å². The van der Waals surface area contributed by atoms with Crippen LogP contribution in [0.5, 0.6) is 0 Å². The maximum Gasteiger partial charge on any atom is 0.147 e. The number of nitrogens with one attached hydrogen (secondary N) is 2. The molecule has 0 bridgehead atoms. The van der Waals surface area contributed by atoms with Crippen molar-refractivity contribution in [3.8, 4) is 12.1 Å². The molecule has 0 saturated carbocycles. The zero-order chi connectivity index (χ0) is 12.8. The van der Waals surface area contributed by atoms with Crippen molar-refractivity contribution in [2.24, 2.45) is 0 Å². The molecule has 0 radical (unpaired) electrons. The normalized spacial score (nSPS) is 8.76. The molecule has 0 heterocycles. The molecule has 4 nitrogen and oxygen atoms in total. The maximum atomic E-state index is 8.50. The van der Waals surface area contributed by atoms with E-state index in [1.54, 1.807) is 24.3 Å². The number of hydrogen-bond acceptors (Lipinski definition) is 4. The monoisotopic (exact) mass is 330 g/mol. The van der Waals surface area contributed by atoms with Gasteiger partial charge >= 0.3 is 0 Å². The summed E-state index contributed by atoms with van der Waals surface area (Å²) in [4.78, 5) is 0. The molecular formula is C10H5BrCl2N4. The second-order valence-corrected chi connectivity index (χ2v) is 4.35. The minimum atomic E-state index is -0.0475. The second kappa shape index (κ2) is 6.36. The Bertz CT molecular complexity index is 526. The van der Waals surface area contributed by atoms with E-state index in [1.165, 1.54) is 6.20 Å². The molecule has 0 amide bonds. The summed E-state index contributed by atoms with van der Waals surface area (Å²) in [7, 11) is 0. The molecular weight excluding hydrogens is 327 g/mol. The van der Waals surface area contributed by atoms with Crippen molar-refractivity contribution in [1.29, 1.82) is 10.5 Å². The van der Waals surface area contributed by atoms with E-state index in [0.717, 1.165) is 0 Å². The van der Waals surface area contributed by atoms with Crippen LogP contribution < -0.4 is 10.9 Å². The molecule has 86 valence electrons. The minimum Gasteiger partial charge on any atom is -0.306 e. The van der Waals surface area contributed by atoms with Crippen molar-refractivity contribution < 1.29 is 0 Å². The lowest BCUT2D eigenvalue weighted by molar-refractivity contribution is 1.05. The molecule has 0 atom stereocenters. The molecule has 0 aliphatic heterocycles. The van der Waals surface area contributed by atoms with Gasteiger partial charge in [-0.15, -0.1) is 0 Å². The molecule has 7 heteroatoms. The lowest BCUT2D eigenvalue weighted by Crippen LogP contribution is -2.15. The van der Waals surface area contributed by atoms with Crippen molar-refractivity contribution in [2.45, 2.75) is 0 Å². The highest BCUT2D eigenvalue weighted by Gasteiger charge is 2.07. The predicted molar refractivity (Wildman–Crippen MR) is 70.2 cm³/mol. The number of hydrogen-bond donors (Lipinski definition) is 2. The van der Waals surface area contributed by atoms with Crippen LogP contribution in [0, 0.1) is 22.7 Å². The number of benzene rings is 1. The molecule has 1 aromatic rings. The number of rotatable bonds is 3. The first-order valence-corrected chi connectivity index (χ1v) is 5.80. The third-order valence-corrected chi connectivity index (χ3v) is 3.56. The standard InChI is InChI=1S/C10H5BrCl2N4/c11-9-8(2-1-7(12)10(9)13)17-16-5-6(3-14)4-15/h1-2,5,16-17H. The zero-order valence-electron chi connectivity index (χ0n) is 8.26. The van der Waals surface area contributed by atoms with E-state index in [2.05, 4.69) is 26.8 Å². The average molecular weight is 332 g/mol. The molecule has 0 aliphatic carbocycles. The summed E-state index contributed by atoms with van der Waals surface area (Å²) < 4.78 is 0.586. The molecule has 0 saturated heterocycles. The van der Waals surface area contributed by atoms with E-state index in [-0.39, 0.29) is 5.57 Å². The average Bonchev–Trinajstić information content (AvgIpc) is 2.34. The van der Waals surface area contributed by atoms with Crippen LogP contribution in [-0.2, 0) is 0 Å². The van der Waals surface area contributed by atoms with Crippen LogP contribution in [0.4, 0.5) is 5.69 Å². The summed E-state index contributed by atoms with van der Waals surface area (Å²) in [5.74, 6) is 0. The SMILES string of the molecule is N#CC(C#N)=CNNc1ccc(Cl)c(Cl)c1Br. The Morgan fingerprint density at radius 3 is 2.53 bits per heavy atom. The van der Waals surface area contributed by atoms with Gasteiger partial charge in [-0.2, -0.15) is 10.5 Å². The van der Waals surface area contributed by atoms with Gasteiger partial charge in [0.05, 0.1) is 20.2 Å². The largest absolute Gasteiger partial charge is 0.306 e. The van der Waals surface area contributed by atoms with Gasteiger partial charge in [0.25, 0.3) is 0 Å². The smallest absolute Gasteiger partial charge is 0.147 e. The summed E-state index contributed by atoms with van der Waals surface area (Å²) >= 11 is 15.0. The summed E-state index contributed by atoms with van der Waals surface area (Å²) in [6.45, 7) is 0. The molecule has 0 unspecified atom stereocenters. The van der Waals surface area contributed by atoms with Crippen LogP contribution in [0.3, 0.4) is 0 Å². The van der Waals surface area contributed by atoms with Gasteiger partial charge in [-0.3, -0.25) is 0 Å². The third-order valence-electron chi connectivity index (χ3n) is 1.70. The Morgan fingerprint density at radius 1 is 1.29 bits per heavy atom. The molecule has 17 heavy (non-hydrogen) atoms. The molecule has 1 aromatic carbocycles. The fourth-order valence-electron chi connectivity index (χ4n) is 0.898. The quantitative estimate of drug-likeness (QED) is 0.504. The van der Waals surface area contributed by atoms with E-state index in [4.69, 9.17) is 33.7 Å². The van der Waals surface area contributed by atoms with E-state index < -0.39 is 0 Å². The summed E-state index contributed by atoms with van der Waals surface area (Å²) in [6, 6.07) is 6.74. The number of allylic oxidation sites excluding steroid dienone is 1. The fraction of sp³-hybridized carbons (Fsp3) is 0. The Kier molecular flexibility index (Phi) is 5.11. The lowest BCUT2D eigenvalue weighted by atomic mass is 10.3. The van der Waals surface area contributed by atoms with Gasteiger partial charge in [0.1, 0.15) is 17.7 Å². The number of nitrogens with zero attached hydrogens (tertiary/aromatic N) is 2. The summed E-state index contributed by atoms with van der Waals surface area (Å²) in [5, 5.41) is 17.8. The van der Waals surface area contributed by atoms with Crippen LogP contribution in [0.25, 0.3) is 0 Å². The van der Waals surface area contributed by atoms with Crippen molar-refractivity contribution in [1.82, 2.24) is 5.43 Å². The molecule has 0 aliphatic rings. The Hall–Kier alpha value is -1.40. The first-order chi connectivity index (χ1) is 8.10. The lowest BCUT2D eigenvalue weighted by Gasteiger charge is -2.09. The van der Waals surface area contributed by atoms with Crippen LogP contribution >= 0.6 is 39.1 Å². The van der Waals surface area contributed by atoms with E-state index in [0.29, 0.717) is 20.2 Å². The zero-order valence-corrected chi connectivity index (χ0v) is 11.4. The predicted octanol–water partition coefficient (Wildman–Crippen LogP) is 3.60. The van der Waals surface area contributed by atoms with Gasteiger partial charge in [-0.25, -0.2) is 0 Å². The molecule has 0 fully saturated rings. The van der Waals surface area contributed by atoms with Gasteiger partial charge in [0, 0.05) is 6.20 Å². The third kappa shape index (κ3) is 3.54. The maximum absolute atomic E-state index is 8.50. The summed E-state index contributed by atoms with van der Waals surface area (Å²) in [6.07, 6.45) is 1.24. The van der Waals surface area contributed by atoms with Crippen LogP contribution in [0.15, 0.2) is 28.4 Å². The van der Waals surface area contributed by atoms with Crippen LogP contribution in [-0.4, -0.2) is 0 Å². The van der Waals surface area contributed by atoms with E-state index >= 15 is 0 Å². The topological polar surface area (TPSA) is 71.6 Å². The van der Waals surface area contributed by atoms with Gasteiger partial charge in [-0.1, -0.05) is 23.2 Å². The highest BCUT2D eigenvalue weighted by molar-refractivity contribution is 9.10. The van der Waals surface area contributed by atoms with Gasteiger partial charge in [0.15, 0.2) is 0 Å². The van der Waals surface area contributed by atoms with Gasteiger partial charge < -0.3 is 10.9 Å². The first kappa shape index (κ1) is 13.7. The Balaban J connectivity index is 2.79. The number of anilines is 1. The number of hydrazine groups is 1. The second-order valence-electron chi connectivity index (χ2n) is 2.77. The molecule has 2 N–H and O–H groups in total. The highest BCUT2D eigenvalue weighted by atomic mass is 79.9. The van der Waals surface area contributed by atoms with Gasteiger partial charge in [-0.05, 0) is 28.1 Å². The minimum absolute atomic E-state index is 0.0475. The fourth-order valence-corrected chi connectivity index (χ4v) is 1.78. The van der Waals surface area contributed by atoms with E-state index in [9.17, 15) is 0 Å². The number of nitriles is 2. The van der Waals surface area contributed by atoms with Crippen molar-refractivity contribution in [3.63, 3.8) is 0 Å². The molecule has 1 rings (SSSR count). The first-order valence-electron chi connectivity index (χ1n) is 4.25. The molecule has 0 aromatic heterocycles. The van der Waals surface area contributed by atoms with E-state index in [1.807, 2.05) is 0 Å². The van der Waals surface area contributed by atoms with Crippen LogP contribution in [0.1, 0.15) is 0 Å². The summed E-state index contributed by atoms with van der Waals surface area (Å²) in [5.41, 5.74) is 5.95. The van der Waals surface area contributed by atoms with Crippen molar-refractivity contribution in [3.05, 3.63) is 38.4 Å². The number of halogens is 3. The Morgan fingerprint density at radius 2 is 1.94 bits per heavy atom. The Labute approximate surface area is 117 Å². The van der Waals surface area contributed by atoms with Gasteiger partial charge in [0.2, 0.25) is 0 Å². The van der Waals surface area contributed by atoms with Crippen LogP contribution in [0.2, 0.25) is 10.0 Å².